The third-order valence-electron chi connectivity index (χ3n) is 5.43. The summed E-state index contributed by atoms with van der Waals surface area (Å²) in [6, 6.07) is 11.2. The van der Waals surface area contributed by atoms with Crippen molar-refractivity contribution in [3.8, 4) is 0 Å². The molecule has 1 saturated heterocycles. The average molecular weight is 393 g/mol. The van der Waals surface area contributed by atoms with Crippen molar-refractivity contribution in [3.63, 3.8) is 0 Å². The first kappa shape index (κ1) is 18.9. The van der Waals surface area contributed by atoms with Gasteiger partial charge < -0.3 is 15.2 Å². The number of amides is 1. The number of hydrogen-bond donors (Lipinski definition) is 2. The van der Waals surface area contributed by atoms with Crippen molar-refractivity contribution >= 4 is 28.3 Å². The monoisotopic (exact) mass is 393 g/mol. The Hall–Kier alpha value is -3.42. The Bertz CT molecular complexity index is 1010. The van der Waals surface area contributed by atoms with E-state index in [1.165, 1.54) is 23.2 Å². The topological polar surface area (TPSA) is 104 Å². The molecule has 0 saturated carbocycles. The fourth-order valence-corrected chi connectivity index (χ4v) is 3.88. The molecule has 4 rings (SSSR count). The standard InChI is InChI=1S/C21H23N5O3/c27-21(22-10-9-15-12-23-19-6-2-1-5-18(15)19)16-4-3-11-25(14-16)20-8-7-17(13-24-20)26(28)29/h1-2,5-8,12-13,16,23H,3-4,9-11,14H2,(H,22,27)/t16-/m1/s1. The lowest BCUT2D eigenvalue weighted by molar-refractivity contribution is -0.385. The van der Waals surface area contributed by atoms with Gasteiger partial charge in [0.15, 0.2) is 0 Å². The van der Waals surface area contributed by atoms with Crippen LogP contribution in [0.5, 0.6) is 0 Å². The van der Waals surface area contributed by atoms with E-state index in [-0.39, 0.29) is 17.5 Å². The Morgan fingerprint density at radius 2 is 2.17 bits per heavy atom. The van der Waals surface area contributed by atoms with Crippen molar-refractivity contribution in [3.05, 3.63) is 64.5 Å². The molecule has 1 aliphatic heterocycles. The van der Waals surface area contributed by atoms with Gasteiger partial charge in [-0.3, -0.25) is 14.9 Å². The highest BCUT2D eigenvalue weighted by atomic mass is 16.6. The summed E-state index contributed by atoms with van der Waals surface area (Å²) in [6.07, 6.45) is 5.76. The molecular formula is C21H23N5O3. The molecule has 1 atom stereocenters. The maximum atomic E-state index is 12.7. The van der Waals surface area contributed by atoms with Crippen molar-refractivity contribution in [2.45, 2.75) is 19.3 Å². The first-order valence-electron chi connectivity index (χ1n) is 9.80. The van der Waals surface area contributed by atoms with Crippen LogP contribution in [0.1, 0.15) is 18.4 Å². The predicted molar refractivity (Wildman–Crippen MR) is 111 cm³/mol. The summed E-state index contributed by atoms with van der Waals surface area (Å²) >= 11 is 0. The molecule has 0 radical (unpaired) electrons. The van der Waals surface area contributed by atoms with Crippen LogP contribution in [0.15, 0.2) is 48.8 Å². The lowest BCUT2D eigenvalue weighted by Crippen LogP contribution is -2.43. The van der Waals surface area contributed by atoms with Crippen molar-refractivity contribution in [2.24, 2.45) is 5.92 Å². The fourth-order valence-electron chi connectivity index (χ4n) is 3.88. The number of nitrogens with one attached hydrogen (secondary N) is 2. The van der Waals surface area contributed by atoms with Gasteiger partial charge in [-0.2, -0.15) is 0 Å². The first-order chi connectivity index (χ1) is 14.1. The van der Waals surface area contributed by atoms with E-state index in [1.807, 2.05) is 29.3 Å². The number of benzene rings is 1. The van der Waals surface area contributed by atoms with Gasteiger partial charge in [0, 0.05) is 42.8 Å². The van der Waals surface area contributed by atoms with E-state index >= 15 is 0 Å². The van der Waals surface area contributed by atoms with Crippen LogP contribution < -0.4 is 10.2 Å². The van der Waals surface area contributed by atoms with Crippen LogP contribution in [-0.2, 0) is 11.2 Å². The molecule has 2 aromatic heterocycles. The van der Waals surface area contributed by atoms with Crippen molar-refractivity contribution in [1.29, 1.82) is 0 Å². The molecule has 3 heterocycles. The molecule has 1 fully saturated rings. The number of fused-ring (bicyclic) bond motifs is 1. The minimum Gasteiger partial charge on any atom is -0.361 e. The summed E-state index contributed by atoms with van der Waals surface area (Å²) in [5.41, 5.74) is 2.27. The van der Waals surface area contributed by atoms with E-state index in [1.54, 1.807) is 6.07 Å². The first-order valence-corrected chi connectivity index (χ1v) is 9.80. The highest BCUT2D eigenvalue weighted by molar-refractivity contribution is 5.83. The number of nitrogens with zero attached hydrogens (tertiary/aromatic N) is 3. The van der Waals surface area contributed by atoms with Crippen LogP contribution in [-0.4, -0.2) is 40.4 Å². The molecule has 1 amide bonds. The minimum atomic E-state index is -0.461. The normalized spacial score (nSPS) is 16.7. The van der Waals surface area contributed by atoms with E-state index in [0.29, 0.717) is 18.9 Å². The maximum Gasteiger partial charge on any atom is 0.287 e. The van der Waals surface area contributed by atoms with Gasteiger partial charge >= 0.3 is 0 Å². The van der Waals surface area contributed by atoms with Crippen LogP contribution >= 0.6 is 0 Å². The number of piperidine rings is 1. The largest absolute Gasteiger partial charge is 0.361 e. The molecule has 0 bridgehead atoms. The molecule has 0 aliphatic carbocycles. The average Bonchev–Trinajstić information content (AvgIpc) is 3.17. The van der Waals surface area contributed by atoms with Crippen molar-refractivity contribution < 1.29 is 9.72 Å². The summed E-state index contributed by atoms with van der Waals surface area (Å²) < 4.78 is 0. The van der Waals surface area contributed by atoms with Gasteiger partial charge in [0.1, 0.15) is 12.0 Å². The highest BCUT2D eigenvalue weighted by Gasteiger charge is 2.26. The van der Waals surface area contributed by atoms with E-state index in [9.17, 15) is 14.9 Å². The molecule has 0 unspecified atom stereocenters. The Morgan fingerprint density at radius 3 is 2.97 bits per heavy atom. The molecule has 3 aromatic rings. The summed E-state index contributed by atoms with van der Waals surface area (Å²) in [4.78, 5) is 32.5. The van der Waals surface area contributed by atoms with E-state index < -0.39 is 4.92 Å². The molecule has 29 heavy (non-hydrogen) atoms. The summed E-state index contributed by atoms with van der Waals surface area (Å²) in [5, 5.41) is 15.0. The number of pyridine rings is 1. The Morgan fingerprint density at radius 1 is 1.31 bits per heavy atom. The van der Waals surface area contributed by atoms with Gasteiger partial charge in [-0.05, 0) is 37.0 Å². The number of aromatic amines is 1. The Balaban J connectivity index is 1.32. The van der Waals surface area contributed by atoms with Gasteiger partial charge in [0.05, 0.1) is 10.8 Å². The van der Waals surface area contributed by atoms with Gasteiger partial charge in [0.25, 0.3) is 5.69 Å². The lowest BCUT2D eigenvalue weighted by Gasteiger charge is -2.32. The molecule has 0 spiro atoms. The number of aromatic nitrogens is 2. The summed E-state index contributed by atoms with van der Waals surface area (Å²) in [7, 11) is 0. The zero-order valence-corrected chi connectivity index (χ0v) is 16.0. The summed E-state index contributed by atoms with van der Waals surface area (Å²) in [6.45, 7) is 1.96. The second kappa shape index (κ2) is 8.30. The van der Waals surface area contributed by atoms with Gasteiger partial charge in [-0.1, -0.05) is 18.2 Å². The van der Waals surface area contributed by atoms with E-state index in [4.69, 9.17) is 0 Å². The number of H-pyrrole nitrogens is 1. The number of anilines is 1. The second-order valence-corrected chi connectivity index (χ2v) is 7.32. The zero-order valence-electron chi connectivity index (χ0n) is 16.0. The molecular weight excluding hydrogens is 370 g/mol. The van der Waals surface area contributed by atoms with Crippen molar-refractivity contribution in [1.82, 2.24) is 15.3 Å². The third kappa shape index (κ3) is 4.21. The van der Waals surface area contributed by atoms with E-state index in [0.717, 1.165) is 31.3 Å². The van der Waals surface area contributed by atoms with Crippen molar-refractivity contribution in [2.75, 3.05) is 24.5 Å². The number of rotatable bonds is 6. The Labute approximate surface area is 168 Å². The predicted octanol–water partition coefficient (Wildman–Crippen LogP) is 3.05. The quantitative estimate of drug-likeness (QED) is 0.495. The smallest absolute Gasteiger partial charge is 0.287 e. The minimum absolute atomic E-state index is 0.0302. The molecule has 1 aromatic carbocycles. The number of nitro groups is 1. The van der Waals surface area contributed by atoms with Gasteiger partial charge in [0.2, 0.25) is 5.91 Å². The number of para-hydroxylation sites is 1. The van der Waals surface area contributed by atoms with Crippen LogP contribution in [0.4, 0.5) is 11.5 Å². The molecule has 2 N–H and O–H groups in total. The maximum absolute atomic E-state index is 12.7. The van der Waals surface area contributed by atoms with Gasteiger partial charge in [-0.25, -0.2) is 4.98 Å². The molecule has 150 valence electrons. The SMILES string of the molecule is O=C(NCCc1c[nH]c2ccccc12)[C@@H]1CCCN(c2ccc([N+](=O)[O-])cn2)C1. The lowest BCUT2D eigenvalue weighted by atomic mass is 9.97. The third-order valence-corrected chi connectivity index (χ3v) is 5.43. The molecule has 8 heteroatoms. The Kier molecular flexibility index (Phi) is 5.41. The fraction of sp³-hybridized carbons (Fsp3) is 0.333. The molecule has 8 nitrogen and oxygen atoms in total. The van der Waals surface area contributed by atoms with Crippen LogP contribution in [0.2, 0.25) is 0 Å². The van der Waals surface area contributed by atoms with Crippen LogP contribution in [0, 0.1) is 16.0 Å². The summed E-state index contributed by atoms with van der Waals surface area (Å²) in [5.74, 6) is 0.618. The number of carbonyl (C=O) groups is 1. The number of hydrogen-bond acceptors (Lipinski definition) is 5. The zero-order chi connectivity index (χ0) is 20.2. The van der Waals surface area contributed by atoms with Crippen LogP contribution in [0.3, 0.4) is 0 Å². The second-order valence-electron chi connectivity index (χ2n) is 7.32. The van der Waals surface area contributed by atoms with Gasteiger partial charge in [-0.15, -0.1) is 0 Å². The molecule has 1 aliphatic rings. The van der Waals surface area contributed by atoms with E-state index in [2.05, 4.69) is 21.4 Å². The number of carbonyl (C=O) groups excluding carboxylic acids is 1. The van der Waals surface area contributed by atoms with Crippen LogP contribution in [0.25, 0.3) is 10.9 Å². The highest BCUT2D eigenvalue weighted by Crippen LogP contribution is 2.23.